The van der Waals surface area contributed by atoms with E-state index in [1.54, 1.807) is 24.3 Å². The van der Waals surface area contributed by atoms with Crippen molar-refractivity contribution in [2.45, 2.75) is 12.8 Å². The molecular weight excluding hydrogens is 310 g/mol. The van der Waals surface area contributed by atoms with Crippen molar-refractivity contribution in [2.75, 3.05) is 26.8 Å². The van der Waals surface area contributed by atoms with Gasteiger partial charge in [0.15, 0.2) is 11.5 Å². The van der Waals surface area contributed by atoms with Gasteiger partial charge in [0.2, 0.25) is 0 Å². The fourth-order valence-corrected chi connectivity index (χ4v) is 2.31. The minimum Gasteiger partial charge on any atom is -0.493 e. The van der Waals surface area contributed by atoms with E-state index in [2.05, 4.69) is 17.1 Å². The summed E-state index contributed by atoms with van der Waals surface area (Å²) >= 11 is 0. The van der Waals surface area contributed by atoms with Gasteiger partial charge in [-0.3, -0.25) is 9.59 Å². The third kappa shape index (κ3) is 4.58. The van der Waals surface area contributed by atoms with E-state index in [1.165, 1.54) is 18.2 Å². The molecule has 0 aliphatic carbocycles. The minimum absolute atomic E-state index is 0.373. The van der Waals surface area contributed by atoms with E-state index in [0.717, 1.165) is 12.8 Å². The van der Waals surface area contributed by atoms with Crippen molar-refractivity contribution < 1.29 is 19.1 Å². The van der Waals surface area contributed by atoms with Crippen molar-refractivity contribution in [1.29, 1.82) is 0 Å². The Labute approximate surface area is 140 Å². The molecule has 1 heterocycles. The van der Waals surface area contributed by atoms with E-state index in [-0.39, 0.29) is 0 Å². The lowest BCUT2D eigenvalue weighted by Gasteiger charge is -2.12. The van der Waals surface area contributed by atoms with E-state index in [0.29, 0.717) is 36.8 Å². The zero-order valence-electron chi connectivity index (χ0n) is 13.7. The van der Waals surface area contributed by atoms with Gasteiger partial charge in [0, 0.05) is 13.1 Å². The number of methoxy groups -OCH3 is 1. The van der Waals surface area contributed by atoms with Crippen LogP contribution in [-0.4, -0.2) is 49.7 Å². The first-order chi connectivity index (χ1) is 11.7. The predicted octanol–water partition coefficient (Wildman–Crippen LogP) is 1.33. The molecule has 2 amide bonds. The molecule has 0 atom stereocenters. The Hall–Kier alpha value is -2.83. The summed E-state index contributed by atoms with van der Waals surface area (Å²) in [5.74, 6) is -0.149. The number of amides is 2. The van der Waals surface area contributed by atoms with E-state index in [4.69, 9.17) is 9.47 Å². The van der Waals surface area contributed by atoms with Crippen LogP contribution in [-0.2, 0) is 9.59 Å². The van der Waals surface area contributed by atoms with Crippen LogP contribution in [0.4, 0.5) is 0 Å². The number of likely N-dealkylation sites (tertiary alicyclic amines) is 1. The molecule has 0 aromatic heterocycles. The molecule has 0 saturated carbocycles. The predicted molar refractivity (Wildman–Crippen MR) is 90.2 cm³/mol. The summed E-state index contributed by atoms with van der Waals surface area (Å²) in [6.45, 7) is 5.21. The Kier molecular flexibility index (Phi) is 6.36. The number of hydrogen-bond donors (Lipinski definition) is 1. The number of nitrogens with zero attached hydrogens (tertiary/aromatic N) is 2. The Balaban J connectivity index is 1.94. The van der Waals surface area contributed by atoms with Crippen LogP contribution < -0.4 is 14.9 Å². The summed E-state index contributed by atoms with van der Waals surface area (Å²) < 4.78 is 10.7. The van der Waals surface area contributed by atoms with Gasteiger partial charge in [0.25, 0.3) is 0 Å². The number of hydrazone groups is 1. The second kappa shape index (κ2) is 8.71. The molecule has 0 bridgehead atoms. The maximum absolute atomic E-state index is 11.8. The zero-order chi connectivity index (χ0) is 17.4. The largest absolute Gasteiger partial charge is 0.493 e. The summed E-state index contributed by atoms with van der Waals surface area (Å²) in [6, 6.07) is 5.22. The number of hydrogen-bond acceptors (Lipinski definition) is 5. The van der Waals surface area contributed by atoms with Crippen LogP contribution in [0.2, 0.25) is 0 Å². The van der Waals surface area contributed by atoms with Crippen LogP contribution >= 0.6 is 0 Å². The van der Waals surface area contributed by atoms with Crippen LogP contribution in [0.5, 0.6) is 11.5 Å². The molecule has 0 unspecified atom stereocenters. The summed E-state index contributed by atoms with van der Waals surface area (Å²) in [5, 5.41) is 3.82. The van der Waals surface area contributed by atoms with Gasteiger partial charge in [0.05, 0.1) is 13.3 Å². The van der Waals surface area contributed by atoms with Gasteiger partial charge in [0.1, 0.15) is 6.61 Å². The molecule has 0 spiro atoms. The van der Waals surface area contributed by atoms with Gasteiger partial charge >= 0.3 is 11.8 Å². The van der Waals surface area contributed by atoms with E-state index in [1.807, 2.05) is 0 Å². The first kappa shape index (κ1) is 17.5. The maximum atomic E-state index is 11.8. The topological polar surface area (TPSA) is 80.2 Å². The SMILES string of the molecule is C=CCOc1ccc(/C=N\NC(=O)C(=O)N2CCCC2)cc1OC. The monoisotopic (exact) mass is 331 g/mol. The third-order valence-corrected chi connectivity index (χ3v) is 3.51. The molecule has 24 heavy (non-hydrogen) atoms. The summed E-state index contributed by atoms with van der Waals surface area (Å²) in [5.41, 5.74) is 2.95. The fraction of sp³-hybridized carbons (Fsp3) is 0.353. The van der Waals surface area contributed by atoms with Gasteiger partial charge in [-0.2, -0.15) is 5.10 Å². The van der Waals surface area contributed by atoms with Gasteiger partial charge < -0.3 is 14.4 Å². The van der Waals surface area contributed by atoms with Crippen LogP contribution in [0, 0.1) is 0 Å². The standard InChI is InChI=1S/C17H21N3O4/c1-3-10-24-14-7-6-13(11-15(14)23-2)12-18-19-16(21)17(22)20-8-4-5-9-20/h3,6-7,11-12H,1,4-5,8-10H2,2H3,(H,19,21)/b18-12-. The highest BCUT2D eigenvalue weighted by molar-refractivity contribution is 6.35. The molecule has 2 rings (SSSR count). The van der Waals surface area contributed by atoms with Crippen molar-refractivity contribution in [3.63, 3.8) is 0 Å². The van der Waals surface area contributed by atoms with Crippen molar-refractivity contribution in [2.24, 2.45) is 5.10 Å². The second-order valence-corrected chi connectivity index (χ2v) is 5.21. The normalized spacial score (nSPS) is 13.8. The van der Waals surface area contributed by atoms with Crippen molar-refractivity contribution in [1.82, 2.24) is 10.3 Å². The van der Waals surface area contributed by atoms with Gasteiger partial charge in [-0.1, -0.05) is 12.7 Å². The molecule has 7 heteroatoms. The molecule has 1 N–H and O–H groups in total. The first-order valence-corrected chi connectivity index (χ1v) is 7.69. The van der Waals surface area contributed by atoms with E-state index >= 15 is 0 Å². The van der Waals surface area contributed by atoms with Crippen molar-refractivity contribution in [3.8, 4) is 11.5 Å². The highest BCUT2D eigenvalue weighted by Crippen LogP contribution is 2.27. The lowest BCUT2D eigenvalue weighted by atomic mass is 10.2. The first-order valence-electron chi connectivity index (χ1n) is 7.69. The average molecular weight is 331 g/mol. The lowest BCUT2D eigenvalue weighted by molar-refractivity contribution is -0.145. The Morgan fingerprint density at radius 3 is 2.75 bits per heavy atom. The van der Waals surface area contributed by atoms with Gasteiger partial charge in [-0.05, 0) is 36.6 Å². The summed E-state index contributed by atoms with van der Waals surface area (Å²) in [4.78, 5) is 25.1. The number of carbonyl (C=O) groups excluding carboxylic acids is 2. The molecule has 1 aromatic carbocycles. The Bertz CT molecular complexity index is 637. The molecule has 1 aliphatic rings. The lowest BCUT2D eigenvalue weighted by Crippen LogP contribution is -2.39. The maximum Gasteiger partial charge on any atom is 0.329 e. The average Bonchev–Trinajstić information content (AvgIpc) is 3.14. The van der Waals surface area contributed by atoms with Crippen molar-refractivity contribution in [3.05, 3.63) is 36.4 Å². The number of benzene rings is 1. The summed E-state index contributed by atoms with van der Waals surface area (Å²) in [6.07, 6.45) is 4.95. The highest BCUT2D eigenvalue weighted by Gasteiger charge is 2.23. The van der Waals surface area contributed by atoms with E-state index < -0.39 is 11.8 Å². The molecule has 1 aliphatic heterocycles. The molecule has 128 valence electrons. The van der Waals surface area contributed by atoms with Crippen LogP contribution in [0.15, 0.2) is 36.0 Å². The molecule has 1 fully saturated rings. The summed E-state index contributed by atoms with van der Waals surface area (Å²) in [7, 11) is 1.54. The van der Waals surface area contributed by atoms with Gasteiger partial charge in [-0.15, -0.1) is 0 Å². The van der Waals surface area contributed by atoms with E-state index in [9.17, 15) is 9.59 Å². The molecule has 7 nitrogen and oxygen atoms in total. The number of nitrogens with one attached hydrogen (secondary N) is 1. The number of rotatable bonds is 6. The fourth-order valence-electron chi connectivity index (χ4n) is 2.31. The van der Waals surface area contributed by atoms with Crippen LogP contribution in [0.1, 0.15) is 18.4 Å². The number of carbonyl (C=O) groups is 2. The zero-order valence-corrected chi connectivity index (χ0v) is 13.7. The third-order valence-electron chi connectivity index (χ3n) is 3.51. The molecular formula is C17H21N3O4. The second-order valence-electron chi connectivity index (χ2n) is 5.21. The molecule has 0 radical (unpaired) electrons. The number of ether oxygens (including phenoxy) is 2. The van der Waals surface area contributed by atoms with Crippen LogP contribution in [0.3, 0.4) is 0 Å². The highest BCUT2D eigenvalue weighted by atomic mass is 16.5. The Morgan fingerprint density at radius 2 is 2.08 bits per heavy atom. The van der Waals surface area contributed by atoms with Gasteiger partial charge in [-0.25, -0.2) is 5.43 Å². The quantitative estimate of drug-likeness (QED) is 0.369. The Morgan fingerprint density at radius 1 is 1.33 bits per heavy atom. The molecule has 1 saturated heterocycles. The minimum atomic E-state index is -0.731. The molecule has 1 aromatic rings. The van der Waals surface area contributed by atoms with Crippen LogP contribution in [0.25, 0.3) is 0 Å². The van der Waals surface area contributed by atoms with Crippen molar-refractivity contribution >= 4 is 18.0 Å². The smallest absolute Gasteiger partial charge is 0.329 e.